The highest BCUT2D eigenvalue weighted by molar-refractivity contribution is 6.46. The second kappa shape index (κ2) is 13.4. The molecule has 2 aliphatic heterocycles. The third kappa shape index (κ3) is 6.94. The first-order valence-corrected chi connectivity index (χ1v) is 13.5. The number of nitrogens with one attached hydrogen (secondary N) is 1. The molecule has 208 valence electrons. The Labute approximate surface area is 238 Å². The third-order valence-corrected chi connectivity index (χ3v) is 7.78. The summed E-state index contributed by atoms with van der Waals surface area (Å²) in [4.78, 5) is 50.6. The third-order valence-electron chi connectivity index (χ3n) is 7.53. The molecule has 5 rings (SSSR count). The topological polar surface area (TPSA) is 107 Å². The number of fused-ring (bicyclic) bond motifs is 1. The van der Waals surface area contributed by atoms with E-state index in [1.165, 1.54) is 28.8 Å². The summed E-state index contributed by atoms with van der Waals surface area (Å²) in [6.45, 7) is 2.03. The lowest BCUT2D eigenvalue weighted by molar-refractivity contribution is -0.138. The fourth-order valence-corrected chi connectivity index (χ4v) is 5.46. The molecule has 1 fully saturated rings. The molecular formula is C31H32ClN3O5. The van der Waals surface area contributed by atoms with Crippen LogP contribution in [0.1, 0.15) is 45.8 Å². The van der Waals surface area contributed by atoms with Crippen LogP contribution in [-0.4, -0.2) is 65.2 Å². The summed E-state index contributed by atoms with van der Waals surface area (Å²) >= 11 is 5.85. The molecule has 0 saturated carbocycles. The smallest absolute Gasteiger partial charge is 0.296 e. The van der Waals surface area contributed by atoms with E-state index >= 15 is 0 Å². The van der Waals surface area contributed by atoms with Gasteiger partial charge in [0.1, 0.15) is 0 Å². The van der Waals surface area contributed by atoms with E-state index in [1.54, 1.807) is 12.1 Å². The number of likely N-dealkylation sites (tertiary alicyclic amines) is 1. The van der Waals surface area contributed by atoms with Crippen molar-refractivity contribution in [3.05, 3.63) is 100 Å². The number of anilines is 1. The van der Waals surface area contributed by atoms with Gasteiger partial charge >= 0.3 is 0 Å². The molecule has 1 saturated heterocycles. The zero-order valence-electron chi connectivity index (χ0n) is 22.3. The number of halogens is 1. The molecule has 2 N–H and O–H groups in total. The molecule has 0 bridgehead atoms. The van der Waals surface area contributed by atoms with E-state index in [-0.39, 0.29) is 18.4 Å². The second-order valence-electron chi connectivity index (χ2n) is 10.0. The average Bonchev–Trinajstić information content (AvgIpc) is 2.97. The Morgan fingerprint density at radius 2 is 1.52 bits per heavy atom. The molecule has 0 radical (unpaired) electrons. The number of carboxylic acid groups (broad SMARTS) is 1. The van der Waals surface area contributed by atoms with Crippen LogP contribution in [0.25, 0.3) is 0 Å². The van der Waals surface area contributed by atoms with E-state index in [2.05, 4.69) is 28.4 Å². The Morgan fingerprint density at radius 3 is 2.15 bits per heavy atom. The number of benzene rings is 3. The van der Waals surface area contributed by atoms with Crippen LogP contribution >= 0.6 is 11.6 Å². The lowest BCUT2D eigenvalue weighted by atomic mass is 9.88. The van der Waals surface area contributed by atoms with Gasteiger partial charge in [-0.05, 0) is 85.3 Å². The molecule has 3 aromatic rings. The van der Waals surface area contributed by atoms with Crippen LogP contribution in [0.3, 0.4) is 0 Å². The van der Waals surface area contributed by atoms with Gasteiger partial charge in [0.2, 0.25) is 5.91 Å². The molecule has 2 amide bonds. The summed E-state index contributed by atoms with van der Waals surface area (Å²) in [6.07, 6.45) is 2.57. The van der Waals surface area contributed by atoms with Gasteiger partial charge in [0, 0.05) is 35.9 Å². The van der Waals surface area contributed by atoms with Crippen molar-refractivity contribution in [2.75, 3.05) is 25.5 Å². The van der Waals surface area contributed by atoms with Crippen LogP contribution < -0.4 is 5.32 Å². The number of ketones is 1. The predicted molar refractivity (Wildman–Crippen MR) is 154 cm³/mol. The van der Waals surface area contributed by atoms with Gasteiger partial charge in [0.25, 0.3) is 18.2 Å². The first-order chi connectivity index (χ1) is 19.3. The normalized spacial score (nSPS) is 17.1. The number of nitrogens with zero attached hydrogens (tertiary/aromatic N) is 2. The number of hydrogen-bond acceptors (Lipinski definition) is 5. The Morgan fingerprint density at radius 1 is 0.925 bits per heavy atom. The summed E-state index contributed by atoms with van der Waals surface area (Å²) in [5.74, 6) is -0.713. The van der Waals surface area contributed by atoms with Crippen molar-refractivity contribution in [2.24, 2.45) is 0 Å². The van der Waals surface area contributed by atoms with Crippen molar-refractivity contribution in [3.8, 4) is 0 Å². The Kier molecular flexibility index (Phi) is 9.69. The van der Waals surface area contributed by atoms with Crippen LogP contribution in [0.5, 0.6) is 0 Å². The molecule has 40 heavy (non-hydrogen) atoms. The van der Waals surface area contributed by atoms with Gasteiger partial charge in [-0.2, -0.15) is 0 Å². The summed E-state index contributed by atoms with van der Waals surface area (Å²) in [5.41, 5.74) is 4.63. The Bertz CT molecular complexity index is 1350. The maximum absolute atomic E-state index is 13.3. The number of piperidine rings is 1. The number of carbonyl (C=O) groups is 4. The number of carbonyl (C=O) groups excluding carboxylic acids is 3. The fourth-order valence-electron chi connectivity index (χ4n) is 5.33. The summed E-state index contributed by atoms with van der Waals surface area (Å²) < 4.78 is 0. The van der Waals surface area contributed by atoms with Gasteiger partial charge < -0.3 is 15.3 Å². The summed E-state index contributed by atoms with van der Waals surface area (Å²) in [6, 6.07) is 22.2. The van der Waals surface area contributed by atoms with Gasteiger partial charge in [-0.25, -0.2) is 0 Å². The molecule has 0 aromatic heterocycles. The Hall–Kier alpha value is -4.01. The zero-order valence-corrected chi connectivity index (χ0v) is 23.0. The molecule has 9 heteroatoms. The molecule has 0 spiro atoms. The molecular weight excluding hydrogens is 530 g/mol. The molecule has 2 heterocycles. The first kappa shape index (κ1) is 29.0. The van der Waals surface area contributed by atoms with E-state index in [0.29, 0.717) is 22.2 Å². The van der Waals surface area contributed by atoms with Crippen molar-refractivity contribution in [1.29, 1.82) is 0 Å². The monoisotopic (exact) mass is 561 g/mol. The minimum absolute atomic E-state index is 0.107. The van der Waals surface area contributed by atoms with E-state index in [4.69, 9.17) is 21.5 Å². The number of likely N-dealkylation sites (N-methyl/N-ethyl adjacent to an activating group) is 1. The van der Waals surface area contributed by atoms with Gasteiger partial charge in [-0.3, -0.25) is 24.1 Å². The molecule has 8 nitrogen and oxygen atoms in total. The highest BCUT2D eigenvalue weighted by Crippen LogP contribution is 2.30. The first-order valence-electron chi connectivity index (χ1n) is 13.2. The molecule has 0 aliphatic carbocycles. The van der Waals surface area contributed by atoms with Crippen LogP contribution in [-0.2, 0) is 27.3 Å². The predicted octanol–water partition coefficient (Wildman–Crippen LogP) is 4.62. The highest BCUT2D eigenvalue weighted by Gasteiger charge is 2.34. The SMILES string of the molecule is CN1Cc2ccccc2CC1C(=O)N1CCC(c2ccc(NC(=O)C(=O)c3ccc(Cl)cc3)cc2)CC1.O=CO. The summed E-state index contributed by atoms with van der Waals surface area (Å²) in [7, 11) is 2.04. The van der Waals surface area contributed by atoms with Crippen molar-refractivity contribution < 1.29 is 24.3 Å². The van der Waals surface area contributed by atoms with Crippen molar-refractivity contribution in [1.82, 2.24) is 9.80 Å². The van der Waals surface area contributed by atoms with Gasteiger partial charge in [-0.1, -0.05) is 48.0 Å². The molecule has 2 aliphatic rings. The number of rotatable bonds is 5. The minimum atomic E-state index is -0.683. The largest absolute Gasteiger partial charge is 0.483 e. The standard InChI is InChI=1S/C30H30ClN3O3.CH2O2/c1-33-19-24-5-3-2-4-23(24)18-27(33)30(37)34-16-14-21(15-17-34)20-8-12-26(13-9-20)32-29(36)28(35)22-6-10-25(31)11-7-22;2-1-3/h2-13,21,27H,14-19H2,1H3,(H,32,36);1H,(H,2,3). The molecule has 1 unspecified atom stereocenters. The minimum Gasteiger partial charge on any atom is -0.483 e. The lowest BCUT2D eigenvalue weighted by Gasteiger charge is -2.39. The van der Waals surface area contributed by atoms with Crippen LogP contribution in [0.4, 0.5) is 5.69 Å². The van der Waals surface area contributed by atoms with E-state index in [9.17, 15) is 14.4 Å². The van der Waals surface area contributed by atoms with Gasteiger partial charge in [0.05, 0.1) is 6.04 Å². The van der Waals surface area contributed by atoms with Gasteiger partial charge in [-0.15, -0.1) is 0 Å². The van der Waals surface area contributed by atoms with Crippen molar-refractivity contribution in [3.63, 3.8) is 0 Å². The van der Waals surface area contributed by atoms with E-state index < -0.39 is 11.7 Å². The average molecular weight is 562 g/mol. The molecule has 3 aromatic carbocycles. The number of amides is 2. The summed E-state index contributed by atoms with van der Waals surface area (Å²) in [5, 5.41) is 10.1. The number of hydrogen-bond donors (Lipinski definition) is 2. The maximum Gasteiger partial charge on any atom is 0.296 e. The van der Waals surface area contributed by atoms with Crippen molar-refractivity contribution >= 4 is 41.4 Å². The van der Waals surface area contributed by atoms with Crippen LogP contribution in [0.15, 0.2) is 72.8 Å². The zero-order chi connectivity index (χ0) is 28.6. The quantitative estimate of drug-likeness (QED) is 0.267. The lowest BCUT2D eigenvalue weighted by Crippen LogP contribution is -2.51. The van der Waals surface area contributed by atoms with E-state index in [1.807, 2.05) is 42.3 Å². The number of Topliss-reactive ketones (excluding diaryl/α,β-unsaturated/α-hetero) is 1. The van der Waals surface area contributed by atoms with Crippen LogP contribution in [0.2, 0.25) is 5.02 Å². The van der Waals surface area contributed by atoms with Crippen LogP contribution in [0, 0.1) is 0 Å². The second-order valence-corrected chi connectivity index (χ2v) is 10.5. The fraction of sp³-hybridized carbons (Fsp3) is 0.290. The highest BCUT2D eigenvalue weighted by atomic mass is 35.5. The Balaban J connectivity index is 0.00000118. The van der Waals surface area contributed by atoms with E-state index in [0.717, 1.165) is 38.9 Å². The van der Waals surface area contributed by atoms with Gasteiger partial charge in [0.15, 0.2) is 0 Å². The molecule has 1 atom stereocenters. The van der Waals surface area contributed by atoms with Crippen molar-refractivity contribution in [2.45, 2.75) is 37.8 Å². The maximum atomic E-state index is 13.3.